The monoisotopic (exact) mass is 440 g/mol. The number of halogens is 1. The number of carbonyl (C=O) groups is 1. The minimum atomic E-state index is -0.231. The molecule has 3 aromatic rings. The Kier molecular flexibility index (Phi) is 5.44. The van der Waals surface area contributed by atoms with E-state index >= 15 is 0 Å². The van der Waals surface area contributed by atoms with Crippen LogP contribution in [-0.4, -0.2) is 50.4 Å². The number of benzene rings is 1. The van der Waals surface area contributed by atoms with Gasteiger partial charge in [-0.2, -0.15) is 0 Å². The number of aromatic nitrogens is 4. The second-order valence-electron chi connectivity index (χ2n) is 7.40. The predicted octanol–water partition coefficient (Wildman–Crippen LogP) is 2.04. The lowest BCUT2D eigenvalue weighted by atomic mass is 10.2. The van der Waals surface area contributed by atoms with Crippen molar-refractivity contribution in [3.8, 4) is 11.5 Å². The number of nitrogens with one attached hydrogen (secondary N) is 1. The maximum atomic E-state index is 12.3. The predicted molar refractivity (Wildman–Crippen MR) is 112 cm³/mol. The fourth-order valence-corrected chi connectivity index (χ4v) is 4.00. The molecule has 5 rings (SSSR count). The van der Waals surface area contributed by atoms with Crippen LogP contribution in [0.3, 0.4) is 0 Å². The van der Waals surface area contributed by atoms with Crippen LogP contribution in [0.2, 0.25) is 5.02 Å². The Morgan fingerprint density at radius 3 is 2.84 bits per heavy atom. The van der Waals surface area contributed by atoms with Gasteiger partial charge >= 0.3 is 0 Å². The maximum absolute atomic E-state index is 12.3. The third-order valence-corrected chi connectivity index (χ3v) is 5.79. The van der Waals surface area contributed by atoms with E-state index in [9.17, 15) is 4.79 Å². The Labute approximate surface area is 184 Å². The zero-order valence-corrected chi connectivity index (χ0v) is 17.5. The molecule has 2 aromatic heterocycles. The molecule has 1 N–H and O–H groups in total. The van der Waals surface area contributed by atoms with Gasteiger partial charge in [0.1, 0.15) is 11.5 Å². The summed E-state index contributed by atoms with van der Waals surface area (Å²) < 4.78 is 12.9. The van der Waals surface area contributed by atoms with Crippen LogP contribution < -0.4 is 14.8 Å². The van der Waals surface area contributed by atoms with Gasteiger partial charge in [0.25, 0.3) is 5.91 Å². The van der Waals surface area contributed by atoms with Gasteiger partial charge in [0.2, 0.25) is 6.79 Å². The van der Waals surface area contributed by atoms with Crippen LogP contribution in [0.1, 0.15) is 27.7 Å². The van der Waals surface area contributed by atoms with E-state index in [4.69, 9.17) is 21.1 Å². The summed E-state index contributed by atoms with van der Waals surface area (Å²) in [6.07, 6.45) is 2.36. The van der Waals surface area contributed by atoms with E-state index in [1.54, 1.807) is 24.4 Å². The van der Waals surface area contributed by atoms with Crippen molar-refractivity contribution in [1.29, 1.82) is 0 Å². The molecule has 0 saturated heterocycles. The van der Waals surface area contributed by atoms with Crippen molar-refractivity contribution in [3.05, 3.63) is 64.5 Å². The van der Waals surface area contributed by atoms with Gasteiger partial charge < -0.3 is 19.4 Å². The Morgan fingerprint density at radius 1 is 1.13 bits per heavy atom. The zero-order valence-electron chi connectivity index (χ0n) is 16.8. The van der Waals surface area contributed by atoms with Gasteiger partial charge in [0.15, 0.2) is 17.3 Å². The van der Waals surface area contributed by atoms with Crippen LogP contribution in [0, 0.1) is 0 Å². The van der Waals surface area contributed by atoms with Crippen molar-refractivity contribution in [2.24, 2.45) is 0 Å². The van der Waals surface area contributed by atoms with Crippen LogP contribution in [-0.2, 0) is 26.1 Å². The molecule has 0 aliphatic carbocycles. The lowest BCUT2D eigenvalue weighted by molar-refractivity contribution is 0.0944. The first-order valence-corrected chi connectivity index (χ1v) is 10.5. The summed E-state index contributed by atoms with van der Waals surface area (Å²) in [6.45, 7) is 3.63. The van der Waals surface area contributed by atoms with Gasteiger partial charge in [0.05, 0.1) is 6.54 Å². The van der Waals surface area contributed by atoms with Crippen LogP contribution in [0.25, 0.3) is 0 Å². The third-order valence-electron chi connectivity index (χ3n) is 5.44. The summed E-state index contributed by atoms with van der Waals surface area (Å²) in [6, 6.07) is 9.01. The number of pyridine rings is 1. The maximum Gasteiger partial charge on any atom is 0.270 e. The molecule has 2 aliphatic heterocycles. The Bertz CT molecular complexity index is 1100. The van der Waals surface area contributed by atoms with Crippen molar-refractivity contribution >= 4 is 17.5 Å². The number of hydrogen-bond acceptors (Lipinski definition) is 7. The van der Waals surface area contributed by atoms with Gasteiger partial charge in [-0.3, -0.25) is 14.7 Å². The second kappa shape index (κ2) is 8.52. The molecule has 10 heteroatoms. The van der Waals surface area contributed by atoms with Crippen molar-refractivity contribution in [2.75, 3.05) is 19.9 Å². The Balaban J connectivity index is 1.22. The number of nitrogens with zero attached hydrogens (tertiary/aromatic N) is 5. The quantitative estimate of drug-likeness (QED) is 0.648. The number of amides is 1. The third kappa shape index (κ3) is 4.19. The highest BCUT2D eigenvalue weighted by molar-refractivity contribution is 6.31. The highest BCUT2D eigenvalue weighted by Crippen LogP contribution is 2.37. The summed E-state index contributed by atoms with van der Waals surface area (Å²) in [5.74, 6) is 2.85. The van der Waals surface area contributed by atoms with Crippen molar-refractivity contribution in [3.63, 3.8) is 0 Å². The average Bonchev–Trinajstić information content (AvgIpc) is 3.35. The highest BCUT2D eigenvalue weighted by atomic mass is 35.5. The van der Waals surface area contributed by atoms with Crippen molar-refractivity contribution in [2.45, 2.75) is 26.1 Å². The molecule has 1 aromatic carbocycles. The highest BCUT2D eigenvalue weighted by Gasteiger charge is 2.22. The summed E-state index contributed by atoms with van der Waals surface area (Å²) in [4.78, 5) is 18.7. The van der Waals surface area contributed by atoms with E-state index in [0.717, 1.165) is 49.0 Å². The summed E-state index contributed by atoms with van der Waals surface area (Å²) in [5, 5.41) is 12.2. The molecule has 0 spiro atoms. The van der Waals surface area contributed by atoms with E-state index in [2.05, 4.69) is 30.0 Å². The van der Waals surface area contributed by atoms with Crippen molar-refractivity contribution in [1.82, 2.24) is 30.0 Å². The number of hydrogen-bond donors (Lipinski definition) is 1. The van der Waals surface area contributed by atoms with E-state index in [1.807, 2.05) is 12.1 Å². The summed E-state index contributed by atoms with van der Waals surface area (Å²) >= 11 is 6.45. The van der Waals surface area contributed by atoms with Crippen LogP contribution in [0.15, 0.2) is 36.5 Å². The van der Waals surface area contributed by atoms with Gasteiger partial charge in [0, 0.05) is 49.9 Å². The van der Waals surface area contributed by atoms with Gasteiger partial charge in [-0.1, -0.05) is 17.7 Å². The molecule has 1 amide bonds. The van der Waals surface area contributed by atoms with E-state index < -0.39 is 0 Å². The summed E-state index contributed by atoms with van der Waals surface area (Å²) in [7, 11) is 0. The Hall–Kier alpha value is -3.17. The standard InChI is InChI=1S/C21H21ClN6O3/c22-15-10-18-17(30-13-31-18)9-14(15)12-27-6-4-19-25-26-20(28(19)8-7-27)11-24-21(29)16-3-1-2-5-23-16/h1-3,5,9-10H,4,6-8,11-13H2,(H,24,29). The molecule has 0 radical (unpaired) electrons. The largest absolute Gasteiger partial charge is 0.454 e. The molecule has 0 saturated carbocycles. The topological polar surface area (TPSA) is 94.4 Å². The lowest BCUT2D eigenvalue weighted by Crippen LogP contribution is -2.28. The van der Waals surface area contributed by atoms with Crippen LogP contribution in [0.5, 0.6) is 11.5 Å². The number of rotatable bonds is 5. The Morgan fingerprint density at radius 2 is 2.00 bits per heavy atom. The molecule has 31 heavy (non-hydrogen) atoms. The van der Waals surface area contributed by atoms with Crippen LogP contribution >= 0.6 is 11.6 Å². The summed E-state index contributed by atoms with van der Waals surface area (Å²) in [5.41, 5.74) is 1.39. The van der Waals surface area contributed by atoms with E-state index in [1.165, 1.54) is 0 Å². The first-order chi connectivity index (χ1) is 15.2. The minimum Gasteiger partial charge on any atom is -0.454 e. The lowest BCUT2D eigenvalue weighted by Gasteiger charge is -2.20. The smallest absolute Gasteiger partial charge is 0.270 e. The number of fused-ring (bicyclic) bond motifs is 2. The van der Waals surface area contributed by atoms with Gasteiger partial charge in [-0.15, -0.1) is 10.2 Å². The molecule has 0 bridgehead atoms. The zero-order chi connectivity index (χ0) is 21.2. The number of ether oxygens (including phenoxy) is 2. The molecule has 9 nitrogen and oxygen atoms in total. The van der Waals surface area contributed by atoms with E-state index in [-0.39, 0.29) is 12.7 Å². The molecular weight excluding hydrogens is 420 g/mol. The first-order valence-electron chi connectivity index (χ1n) is 10.1. The molecule has 4 heterocycles. The van der Waals surface area contributed by atoms with E-state index in [0.29, 0.717) is 29.6 Å². The van der Waals surface area contributed by atoms with Gasteiger partial charge in [-0.05, 0) is 23.8 Å². The first kappa shape index (κ1) is 19.8. The minimum absolute atomic E-state index is 0.229. The number of carbonyl (C=O) groups excluding carboxylic acids is 1. The molecular formula is C21H21ClN6O3. The molecule has 2 aliphatic rings. The van der Waals surface area contributed by atoms with Gasteiger partial charge in [-0.25, -0.2) is 0 Å². The normalized spacial score (nSPS) is 15.4. The molecule has 0 unspecified atom stereocenters. The average molecular weight is 441 g/mol. The van der Waals surface area contributed by atoms with Crippen molar-refractivity contribution < 1.29 is 14.3 Å². The molecule has 0 fully saturated rings. The van der Waals surface area contributed by atoms with Crippen LogP contribution in [0.4, 0.5) is 0 Å². The molecule has 160 valence electrons. The second-order valence-corrected chi connectivity index (χ2v) is 7.81. The SMILES string of the molecule is O=C(NCc1nnc2n1CCN(Cc1cc3c(cc1Cl)OCO3)CC2)c1ccccn1. The fourth-order valence-electron chi connectivity index (χ4n) is 3.78. The molecule has 0 atom stereocenters. The fraction of sp³-hybridized carbons (Fsp3) is 0.333.